The molecule has 104 valence electrons. The number of aliphatic hydroxyl groups is 1. The fourth-order valence-corrected chi connectivity index (χ4v) is 2.06. The van der Waals surface area contributed by atoms with Gasteiger partial charge in [0.1, 0.15) is 11.5 Å². The summed E-state index contributed by atoms with van der Waals surface area (Å²) in [6.07, 6.45) is 3.27. The Morgan fingerprint density at radius 1 is 1.20 bits per heavy atom. The minimum Gasteiger partial charge on any atom is -0.507 e. The Balaban J connectivity index is 2.66. The number of methoxy groups -OCH3 is 1. The fourth-order valence-electron chi connectivity index (χ4n) is 2.06. The van der Waals surface area contributed by atoms with Gasteiger partial charge < -0.3 is 9.84 Å². The Bertz CT molecular complexity index is 636. The lowest BCUT2D eigenvalue weighted by atomic mass is 9.87. The van der Waals surface area contributed by atoms with Gasteiger partial charge in [-0.25, -0.2) is 0 Å². The lowest BCUT2D eigenvalue weighted by Crippen LogP contribution is -2.24. The largest absolute Gasteiger partial charge is 0.507 e. The minimum absolute atomic E-state index is 0.0319. The van der Waals surface area contributed by atoms with Crippen molar-refractivity contribution in [2.45, 2.75) is 13.8 Å². The molecule has 0 heterocycles. The molecule has 0 amide bonds. The highest BCUT2D eigenvalue weighted by Gasteiger charge is 2.33. The molecule has 2 rings (SSSR count). The van der Waals surface area contributed by atoms with Gasteiger partial charge in [0.15, 0.2) is 0 Å². The second-order valence-corrected chi connectivity index (χ2v) is 4.91. The number of hydrogen-bond donors (Lipinski definition) is 1. The van der Waals surface area contributed by atoms with Crippen LogP contribution in [-0.2, 0) is 4.79 Å². The lowest BCUT2D eigenvalue weighted by Gasteiger charge is -2.18. The number of fused-ring (bicyclic) bond motifs is 1. The normalized spacial score (nSPS) is 15.2. The van der Waals surface area contributed by atoms with E-state index < -0.39 is 11.6 Å². The molecule has 0 bridgehead atoms. The first-order valence-corrected chi connectivity index (χ1v) is 6.35. The second kappa shape index (κ2) is 5.33. The molecular formula is C16H16O4. The van der Waals surface area contributed by atoms with Gasteiger partial charge in [0.2, 0.25) is 11.6 Å². The Kier molecular flexibility index (Phi) is 3.74. The number of ketones is 2. The van der Waals surface area contributed by atoms with E-state index in [0.29, 0.717) is 11.3 Å². The number of ether oxygens (including phenoxy) is 1. The zero-order valence-corrected chi connectivity index (χ0v) is 11.6. The summed E-state index contributed by atoms with van der Waals surface area (Å²) in [5.41, 5.74) is 0.487. The van der Waals surface area contributed by atoms with Crippen molar-refractivity contribution in [2.75, 3.05) is 7.11 Å². The van der Waals surface area contributed by atoms with Crippen molar-refractivity contribution in [3.05, 3.63) is 47.1 Å². The van der Waals surface area contributed by atoms with Crippen LogP contribution in [0.3, 0.4) is 0 Å². The number of carbonyl (C=O) groups is 2. The zero-order valence-electron chi connectivity index (χ0n) is 11.6. The van der Waals surface area contributed by atoms with Gasteiger partial charge in [-0.05, 0) is 12.0 Å². The first-order valence-electron chi connectivity index (χ1n) is 6.35. The molecule has 0 aliphatic heterocycles. The van der Waals surface area contributed by atoms with Crippen LogP contribution in [0.2, 0.25) is 0 Å². The quantitative estimate of drug-likeness (QED) is 0.859. The molecule has 0 atom stereocenters. The van der Waals surface area contributed by atoms with Crippen LogP contribution >= 0.6 is 0 Å². The first kappa shape index (κ1) is 14.1. The number of hydrogen-bond acceptors (Lipinski definition) is 4. The van der Waals surface area contributed by atoms with Crippen LogP contribution in [0.25, 0.3) is 5.76 Å². The standard InChI is InChI=1S/C16H16O4/c1-9(2)7-8-11-14(17)10-5-4-6-12(20-3)13(10)16(19)15(11)18/h4-9,17H,1-3H3. The average Bonchev–Trinajstić information content (AvgIpc) is 2.43. The van der Waals surface area contributed by atoms with E-state index >= 15 is 0 Å². The molecule has 0 unspecified atom stereocenters. The summed E-state index contributed by atoms with van der Waals surface area (Å²) in [7, 11) is 1.42. The Morgan fingerprint density at radius 3 is 2.50 bits per heavy atom. The molecule has 0 spiro atoms. The van der Waals surface area contributed by atoms with Crippen LogP contribution < -0.4 is 4.74 Å². The maximum Gasteiger partial charge on any atom is 0.238 e. The van der Waals surface area contributed by atoms with Gasteiger partial charge in [-0.2, -0.15) is 0 Å². The highest BCUT2D eigenvalue weighted by atomic mass is 16.5. The molecule has 0 aromatic heterocycles. The predicted molar refractivity (Wildman–Crippen MR) is 75.9 cm³/mol. The number of carbonyl (C=O) groups excluding carboxylic acids is 2. The van der Waals surface area contributed by atoms with E-state index in [9.17, 15) is 14.7 Å². The second-order valence-electron chi connectivity index (χ2n) is 4.91. The van der Waals surface area contributed by atoms with Crippen LogP contribution in [0.4, 0.5) is 0 Å². The van der Waals surface area contributed by atoms with Crippen molar-refractivity contribution >= 4 is 17.3 Å². The highest BCUT2D eigenvalue weighted by molar-refractivity contribution is 6.53. The molecule has 1 N–H and O–H groups in total. The van der Waals surface area contributed by atoms with E-state index in [0.717, 1.165) is 0 Å². The van der Waals surface area contributed by atoms with Crippen molar-refractivity contribution in [1.29, 1.82) is 0 Å². The highest BCUT2D eigenvalue weighted by Crippen LogP contribution is 2.34. The van der Waals surface area contributed by atoms with E-state index in [2.05, 4.69) is 0 Å². The Morgan fingerprint density at radius 2 is 1.90 bits per heavy atom. The SMILES string of the molecule is COc1cccc2c1C(=O)C(=O)C(C=CC(C)C)=C2O. The smallest absolute Gasteiger partial charge is 0.238 e. The predicted octanol–water partition coefficient (Wildman–Crippen LogP) is 2.94. The third kappa shape index (κ3) is 2.25. The van der Waals surface area contributed by atoms with E-state index in [1.54, 1.807) is 24.3 Å². The fraction of sp³-hybridized carbons (Fsp3) is 0.250. The molecule has 0 radical (unpaired) electrons. The molecule has 20 heavy (non-hydrogen) atoms. The maximum absolute atomic E-state index is 12.2. The van der Waals surface area contributed by atoms with Crippen LogP contribution in [-0.4, -0.2) is 23.8 Å². The Hall–Kier alpha value is -2.36. The molecule has 1 aromatic carbocycles. The van der Waals surface area contributed by atoms with Crippen LogP contribution in [0.5, 0.6) is 5.75 Å². The maximum atomic E-state index is 12.2. The number of benzene rings is 1. The van der Waals surface area contributed by atoms with E-state index in [1.807, 2.05) is 13.8 Å². The van der Waals surface area contributed by atoms with Crippen molar-refractivity contribution < 1.29 is 19.4 Å². The number of rotatable bonds is 3. The first-order chi connectivity index (χ1) is 9.47. The number of aliphatic hydroxyl groups excluding tert-OH is 1. The number of allylic oxidation sites excluding steroid dienone is 3. The van der Waals surface area contributed by atoms with Crippen molar-refractivity contribution in [3.8, 4) is 5.75 Å². The summed E-state index contributed by atoms with van der Waals surface area (Å²) in [5, 5.41) is 10.2. The zero-order chi connectivity index (χ0) is 14.9. The molecule has 1 aliphatic carbocycles. The third-order valence-corrected chi connectivity index (χ3v) is 3.08. The molecule has 0 saturated heterocycles. The van der Waals surface area contributed by atoms with E-state index in [4.69, 9.17) is 4.74 Å². The molecule has 4 heteroatoms. The van der Waals surface area contributed by atoms with Gasteiger partial charge in [0, 0.05) is 5.56 Å². The summed E-state index contributed by atoms with van der Waals surface area (Å²) in [6.45, 7) is 3.89. The molecule has 1 aromatic rings. The molecule has 0 saturated carbocycles. The summed E-state index contributed by atoms with van der Waals surface area (Å²) in [5.74, 6) is -1.04. The molecule has 1 aliphatic rings. The summed E-state index contributed by atoms with van der Waals surface area (Å²) >= 11 is 0. The van der Waals surface area contributed by atoms with E-state index in [-0.39, 0.29) is 22.8 Å². The molecule has 4 nitrogen and oxygen atoms in total. The third-order valence-electron chi connectivity index (χ3n) is 3.08. The van der Waals surface area contributed by atoms with Crippen molar-refractivity contribution in [2.24, 2.45) is 5.92 Å². The summed E-state index contributed by atoms with van der Waals surface area (Å²) in [4.78, 5) is 24.3. The topological polar surface area (TPSA) is 63.6 Å². The van der Waals surface area contributed by atoms with Gasteiger partial charge in [-0.15, -0.1) is 0 Å². The molecule has 0 fully saturated rings. The van der Waals surface area contributed by atoms with Gasteiger partial charge in [-0.1, -0.05) is 38.1 Å². The monoisotopic (exact) mass is 272 g/mol. The average molecular weight is 272 g/mol. The Labute approximate surface area is 117 Å². The summed E-state index contributed by atoms with van der Waals surface area (Å²) < 4.78 is 5.09. The number of Topliss-reactive ketones (excluding diaryl/α,β-unsaturated/α-hetero) is 2. The van der Waals surface area contributed by atoms with Crippen molar-refractivity contribution in [1.82, 2.24) is 0 Å². The van der Waals surface area contributed by atoms with Gasteiger partial charge in [-0.3, -0.25) is 9.59 Å². The lowest BCUT2D eigenvalue weighted by molar-refractivity contribution is -0.111. The van der Waals surface area contributed by atoms with Gasteiger partial charge in [0.05, 0.1) is 18.2 Å². The summed E-state index contributed by atoms with van der Waals surface area (Å²) in [6, 6.07) is 4.85. The van der Waals surface area contributed by atoms with Crippen LogP contribution in [0.15, 0.2) is 35.9 Å². The van der Waals surface area contributed by atoms with Crippen LogP contribution in [0, 0.1) is 5.92 Å². The minimum atomic E-state index is -0.712. The van der Waals surface area contributed by atoms with Crippen molar-refractivity contribution in [3.63, 3.8) is 0 Å². The van der Waals surface area contributed by atoms with Crippen LogP contribution in [0.1, 0.15) is 29.8 Å². The van der Waals surface area contributed by atoms with Gasteiger partial charge >= 0.3 is 0 Å². The molecular weight excluding hydrogens is 256 g/mol. The van der Waals surface area contributed by atoms with E-state index in [1.165, 1.54) is 13.2 Å². The van der Waals surface area contributed by atoms with Gasteiger partial charge in [0.25, 0.3) is 0 Å².